The van der Waals surface area contributed by atoms with Crippen molar-refractivity contribution in [2.24, 2.45) is 5.73 Å². The van der Waals surface area contributed by atoms with Crippen molar-refractivity contribution in [2.75, 3.05) is 17.2 Å². The maximum absolute atomic E-state index is 11.6. The molecular weight excluding hydrogens is 270 g/mol. The fourth-order valence-corrected chi connectivity index (χ4v) is 3.44. The molecule has 2 rings (SSSR count). The first-order chi connectivity index (χ1) is 9.69. The van der Waals surface area contributed by atoms with E-state index in [0.29, 0.717) is 5.56 Å². The number of piperidine rings is 1. The van der Waals surface area contributed by atoms with E-state index < -0.39 is 0 Å². The van der Waals surface area contributed by atoms with Crippen molar-refractivity contribution in [1.82, 2.24) is 0 Å². The minimum absolute atomic E-state index is 0.294. The van der Waals surface area contributed by atoms with Crippen molar-refractivity contribution in [3.05, 3.63) is 23.8 Å². The Labute approximate surface area is 123 Å². The number of carbonyl (C=O) groups is 1. The zero-order chi connectivity index (χ0) is 14.5. The maximum atomic E-state index is 11.6. The summed E-state index contributed by atoms with van der Waals surface area (Å²) in [4.78, 5) is 14.6. The average Bonchev–Trinajstić information content (AvgIpc) is 2.47. The number of anilines is 1. The van der Waals surface area contributed by atoms with E-state index in [2.05, 4.69) is 13.0 Å². The Balaban J connectivity index is 2.42. The van der Waals surface area contributed by atoms with Gasteiger partial charge in [-0.05, 0) is 37.1 Å². The number of nitrogens with two attached hydrogens (primary N) is 1. The van der Waals surface area contributed by atoms with Crippen LogP contribution in [0, 0.1) is 11.3 Å². The maximum Gasteiger partial charge on any atom is 0.240 e. The molecule has 1 saturated heterocycles. The highest BCUT2D eigenvalue weighted by Gasteiger charge is 2.29. The second-order valence-electron chi connectivity index (χ2n) is 4.80. The first-order valence-corrected chi connectivity index (χ1v) is 7.89. The number of rotatable bonds is 4. The molecular formula is C15H19N3OS. The van der Waals surface area contributed by atoms with E-state index in [1.807, 2.05) is 23.1 Å². The van der Waals surface area contributed by atoms with Crippen LogP contribution in [0.15, 0.2) is 23.1 Å². The smallest absolute Gasteiger partial charge is 0.240 e. The second-order valence-corrected chi connectivity index (χ2v) is 6.11. The van der Waals surface area contributed by atoms with Gasteiger partial charge >= 0.3 is 0 Å². The SMILES string of the molecule is CCSc1cccc(N2CCCCC2C(N)=O)c1C#N. The second kappa shape index (κ2) is 6.67. The molecule has 2 N–H and O–H groups in total. The summed E-state index contributed by atoms with van der Waals surface area (Å²) in [6, 6.07) is 7.82. The number of thioether (sulfide) groups is 1. The molecule has 0 radical (unpaired) electrons. The summed E-state index contributed by atoms with van der Waals surface area (Å²) in [6.07, 6.45) is 2.81. The Morgan fingerprint density at radius 1 is 1.55 bits per heavy atom. The number of primary amides is 1. The summed E-state index contributed by atoms with van der Waals surface area (Å²) in [5.41, 5.74) is 7.02. The topological polar surface area (TPSA) is 70.1 Å². The van der Waals surface area contributed by atoms with E-state index in [-0.39, 0.29) is 11.9 Å². The molecule has 0 saturated carbocycles. The summed E-state index contributed by atoms with van der Waals surface area (Å²) < 4.78 is 0. The third kappa shape index (κ3) is 2.91. The van der Waals surface area contributed by atoms with Gasteiger partial charge in [0.25, 0.3) is 0 Å². The first kappa shape index (κ1) is 14.7. The molecule has 0 aliphatic carbocycles. The monoisotopic (exact) mass is 289 g/mol. The van der Waals surface area contributed by atoms with Gasteiger partial charge < -0.3 is 10.6 Å². The molecule has 0 aromatic heterocycles. The normalized spacial score (nSPS) is 18.6. The molecule has 1 unspecified atom stereocenters. The van der Waals surface area contributed by atoms with Crippen LogP contribution in [-0.4, -0.2) is 24.2 Å². The molecule has 1 aliphatic rings. The highest BCUT2D eigenvalue weighted by molar-refractivity contribution is 7.99. The highest BCUT2D eigenvalue weighted by Crippen LogP contribution is 2.33. The van der Waals surface area contributed by atoms with Crippen LogP contribution in [0.3, 0.4) is 0 Å². The van der Waals surface area contributed by atoms with E-state index >= 15 is 0 Å². The van der Waals surface area contributed by atoms with Gasteiger partial charge in [0.15, 0.2) is 0 Å². The average molecular weight is 289 g/mol. The molecule has 1 heterocycles. The van der Waals surface area contributed by atoms with Crippen molar-refractivity contribution >= 4 is 23.4 Å². The standard InChI is InChI=1S/C15H19N3OS/c1-2-20-14-8-5-7-12(11(14)10-16)18-9-4-3-6-13(18)15(17)19/h5,7-8,13H,2-4,6,9H2,1H3,(H2,17,19). The molecule has 1 aliphatic heterocycles. The van der Waals surface area contributed by atoms with Gasteiger partial charge in [-0.15, -0.1) is 11.8 Å². The van der Waals surface area contributed by atoms with Crippen LogP contribution >= 0.6 is 11.8 Å². The van der Waals surface area contributed by atoms with Crippen LogP contribution in [0.2, 0.25) is 0 Å². The summed E-state index contributed by atoms with van der Waals surface area (Å²) in [5, 5.41) is 9.48. The number of nitrogens with zero attached hydrogens (tertiary/aromatic N) is 2. The molecule has 20 heavy (non-hydrogen) atoms. The summed E-state index contributed by atoms with van der Waals surface area (Å²) in [7, 11) is 0. The molecule has 1 fully saturated rings. The summed E-state index contributed by atoms with van der Waals surface area (Å²) in [5.74, 6) is 0.610. The van der Waals surface area contributed by atoms with E-state index in [4.69, 9.17) is 5.73 Å². The van der Waals surface area contributed by atoms with Crippen molar-refractivity contribution in [3.8, 4) is 6.07 Å². The number of nitriles is 1. The lowest BCUT2D eigenvalue weighted by molar-refractivity contribution is -0.119. The van der Waals surface area contributed by atoms with Gasteiger partial charge in [0.1, 0.15) is 12.1 Å². The zero-order valence-corrected chi connectivity index (χ0v) is 12.4. The minimum atomic E-state index is -0.304. The Hall–Kier alpha value is -1.67. The lowest BCUT2D eigenvalue weighted by atomic mass is 9.99. The molecule has 1 atom stereocenters. The molecule has 0 bridgehead atoms. The zero-order valence-electron chi connectivity index (χ0n) is 11.6. The predicted octanol–water partition coefficient (Wildman–Crippen LogP) is 2.51. The van der Waals surface area contributed by atoms with Crippen molar-refractivity contribution in [3.63, 3.8) is 0 Å². The Morgan fingerprint density at radius 2 is 2.35 bits per heavy atom. The van der Waals surface area contributed by atoms with E-state index in [0.717, 1.165) is 42.1 Å². The van der Waals surface area contributed by atoms with Crippen LogP contribution in [0.1, 0.15) is 31.7 Å². The van der Waals surface area contributed by atoms with Gasteiger partial charge in [0, 0.05) is 11.4 Å². The van der Waals surface area contributed by atoms with Gasteiger partial charge in [0.05, 0.1) is 11.3 Å². The van der Waals surface area contributed by atoms with Crippen molar-refractivity contribution in [1.29, 1.82) is 5.26 Å². The lowest BCUT2D eigenvalue weighted by Gasteiger charge is -2.36. The number of hydrogen-bond acceptors (Lipinski definition) is 4. The third-order valence-electron chi connectivity index (χ3n) is 3.56. The minimum Gasteiger partial charge on any atom is -0.368 e. The van der Waals surface area contributed by atoms with Gasteiger partial charge in [-0.2, -0.15) is 5.26 Å². The van der Waals surface area contributed by atoms with Gasteiger partial charge in [-0.3, -0.25) is 4.79 Å². The number of carbonyl (C=O) groups excluding carboxylic acids is 1. The number of hydrogen-bond donors (Lipinski definition) is 1. The van der Waals surface area contributed by atoms with E-state index in [9.17, 15) is 10.1 Å². The Kier molecular flexibility index (Phi) is 4.91. The Bertz CT molecular complexity index is 538. The number of benzene rings is 1. The summed E-state index contributed by atoms with van der Waals surface area (Å²) >= 11 is 1.65. The number of amides is 1. The van der Waals surface area contributed by atoms with Gasteiger partial charge in [-0.25, -0.2) is 0 Å². The summed E-state index contributed by atoms with van der Waals surface area (Å²) in [6.45, 7) is 2.84. The van der Waals surface area contributed by atoms with Crippen LogP contribution in [0.25, 0.3) is 0 Å². The molecule has 5 heteroatoms. The fourth-order valence-electron chi connectivity index (χ4n) is 2.66. The van der Waals surface area contributed by atoms with Gasteiger partial charge in [-0.1, -0.05) is 13.0 Å². The first-order valence-electron chi connectivity index (χ1n) is 6.91. The lowest BCUT2D eigenvalue weighted by Crippen LogP contribution is -2.48. The Morgan fingerprint density at radius 3 is 3.00 bits per heavy atom. The van der Waals surface area contributed by atoms with E-state index in [1.54, 1.807) is 11.8 Å². The molecule has 1 aromatic carbocycles. The molecule has 1 amide bonds. The van der Waals surface area contributed by atoms with Crippen LogP contribution in [0.4, 0.5) is 5.69 Å². The van der Waals surface area contributed by atoms with Crippen LogP contribution in [0.5, 0.6) is 0 Å². The quantitative estimate of drug-likeness (QED) is 0.865. The predicted molar refractivity (Wildman–Crippen MR) is 81.7 cm³/mol. The largest absolute Gasteiger partial charge is 0.368 e. The van der Waals surface area contributed by atoms with E-state index in [1.165, 1.54) is 0 Å². The molecule has 0 spiro atoms. The van der Waals surface area contributed by atoms with Crippen molar-refractivity contribution in [2.45, 2.75) is 37.1 Å². The molecule has 4 nitrogen and oxygen atoms in total. The third-order valence-corrected chi connectivity index (χ3v) is 4.50. The van der Waals surface area contributed by atoms with Crippen LogP contribution < -0.4 is 10.6 Å². The molecule has 106 valence electrons. The van der Waals surface area contributed by atoms with Gasteiger partial charge in [0.2, 0.25) is 5.91 Å². The van der Waals surface area contributed by atoms with Crippen molar-refractivity contribution < 1.29 is 4.79 Å². The van der Waals surface area contributed by atoms with Crippen LogP contribution in [-0.2, 0) is 4.79 Å². The fraction of sp³-hybridized carbons (Fsp3) is 0.467. The molecule has 1 aromatic rings. The highest BCUT2D eigenvalue weighted by atomic mass is 32.2.